The summed E-state index contributed by atoms with van der Waals surface area (Å²) in [6.07, 6.45) is 0. The van der Waals surface area contributed by atoms with Crippen molar-refractivity contribution >= 4 is 5.97 Å². The van der Waals surface area contributed by atoms with E-state index in [1.165, 1.54) is 6.07 Å². The van der Waals surface area contributed by atoms with Crippen molar-refractivity contribution in [1.29, 1.82) is 0 Å². The van der Waals surface area contributed by atoms with Crippen molar-refractivity contribution in [2.75, 3.05) is 7.11 Å². The van der Waals surface area contributed by atoms with Crippen molar-refractivity contribution in [3.63, 3.8) is 0 Å². The van der Waals surface area contributed by atoms with Crippen LogP contribution in [-0.2, 0) is 6.61 Å². The Kier molecular flexibility index (Phi) is 4.98. The number of furan rings is 1. The van der Waals surface area contributed by atoms with Crippen LogP contribution in [0.5, 0.6) is 11.5 Å². The molecule has 5 heteroatoms. The van der Waals surface area contributed by atoms with E-state index >= 15 is 0 Å². The number of methoxy groups -OCH3 is 1. The van der Waals surface area contributed by atoms with Gasteiger partial charge in [0.25, 0.3) is 0 Å². The molecule has 1 N–H and O–H groups in total. The predicted molar refractivity (Wildman–Crippen MR) is 97.9 cm³/mol. The van der Waals surface area contributed by atoms with E-state index in [-0.39, 0.29) is 12.4 Å². The van der Waals surface area contributed by atoms with Gasteiger partial charge in [0.2, 0.25) is 5.76 Å². The van der Waals surface area contributed by atoms with E-state index in [1.807, 2.05) is 49.4 Å². The fourth-order valence-electron chi connectivity index (χ4n) is 2.70. The van der Waals surface area contributed by atoms with E-state index in [1.54, 1.807) is 14.0 Å². The largest absolute Gasteiger partial charge is 0.496 e. The highest BCUT2D eigenvalue weighted by atomic mass is 16.5. The number of hydrogen-bond acceptors (Lipinski definition) is 4. The van der Waals surface area contributed by atoms with Crippen molar-refractivity contribution in [3.05, 3.63) is 71.2 Å². The lowest BCUT2D eigenvalue weighted by Crippen LogP contribution is -1.96. The highest BCUT2D eigenvalue weighted by molar-refractivity contribution is 5.84. The van der Waals surface area contributed by atoms with Gasteiger partial charge in [-0.2, -0.15) is 0 Å². The third-order valence-electron chi connectivity index (χ3n) is 4.15. The topological polar surface area (TPSA) is 68.9 Å². The van der Waals surface area contributed by atoms with Crippen LogP contribution in [0.1, 0.15) is 27.4 Å². The molecule has 0 aliphatic carbocycles. The summed E-state index contributed by atoms with van der Waals surface area (Å²) in [5.74, 6) is 0.897. The zero-order valence-corrected chi connectivity index (χ0v) is 14.9. The summed E-state index contributed by atoms with van der Waals surface area (Å²) in [7, 11) is 1.66. The molecule has 0 amide bonds. The van der Waals surface area contributed by atoms with Gasteiger partial charge in [0.15, 0.2) is 0 Å². The first kappa shape index (κ1) is 17.6. The number of aromatic carboxylic acids is 1. The Morgan fingerprint density at radius 2 is 1.81 bits per heavy atom. The number of aryl methyl sites for hydroxylation is 2. The van der Waals surface area contributed by atoms with Crippen LogP contribution in [0.25, 0.3) is 11.1 Å². The molecule has 0 aliphatic heterocycles. The minimum Gasteiger partial charge on any atom is -0.496 e. The molecule has 0 radical (unpaired) electrons. The van der Waals surface area contributed by atoms with Gasteiger partial charge in [0, 0.05) is 11.1 Å². The molecule has 0 fully saturated rings. The second kappa shape index (κ2) is 7.35. The molecule has 5 nitrogen and oxygen atoms in total. The molecular weight excluding hydrogens is 332 g/mol. The SMILES string of the molecule is COc1cc(C)ccc1-c1ccc(OCc2cc(C(=O)O)oc2C)cc1. The molecular formula is C21H20O5. The lowest BCUT2D eigenvalue weighted by atomic mass is 10.0. The molecule has 0 spiro atoms. The molecule has 26 heavy (non-hydrogen) atoms. The second-order valence-corrected chi connectivity index (χ2v) is 6.01. The highest BCUT2D eigenvalue weighted by Crippen LogP contribution is 2.32. The number of carboxylic acid groups (broad SMARTS) is 1. The minimum absolute atomic E-state index is 0.0806. The predicted octanol–water partition coefficient (Wildman–Crippen LogP) is 4.85. The maximum Gasteiger partial charge on any atom is 0.371 e. The van der Waals surface area contributed by atoms with E-state index in [2.05, 4.69) is 0 Å². The van der Waals surface area contributed by atoms with E-state index in [0.717, 1.165) is 22.4 Å². The quantitative estimate of drug-likeness (QED) is 0.687. The molecule has 134 valence electrons. The van der Waals surface area contributed by atoms with Gasteiger partial charge < -0.3 is 19.0 Å². The van der Waals surface area contributed by atoms with Crippen LogP contribution in [0.15, 0.2) is 52.9 Å². The van der Waals surface area contributed by atoms with Crippen molar-refractivity contribution in [1.82, 2.24) is 0 Å². The van der Waals surface area contributed by atoms with Gasteiger partial charge in [0.1, 0.15) is 23.9 Å². The third-order valence-corrected chi connectivity index (χ3v) is 4.15. The average molecular weight is 352 g/mol. The van der Waals surface area contributed by atoms with Gasteiger partial charge in [0.05, 0.1) is 7.11 Å². The van der Waals surface area contributed by atoms with Crippen molar-refractivity contribution < 1.29 is 23.8 Å². The molecule has 0 bridgehead atoms. The maximum absolute atomic E-state index is 10.9. The average Bonchev–Trinajstić information content (AvgIpc) is 3.01. The van der Waals surface area contributed by atoms with Crippen LogP contribution in [0.2, 0.25) is 0 Å². The molecule has 1 heterocycles. The Morgan fingerprint density at radius 3 is 2.42 bits per heavy atom. The normalized spacial score (nSPS) is 10.6. The smallest absolute Gasteiger partial charge is 0.371 e. The van der Waals surface area contributed by atoms with Crippen molar-refractivity contribution in [2.45, 2.75) is 20.5 Å². The number of ether oxygens (including phenoxy) is 2. The Hall–Kier alpha value is -3.21. The molecule has 2 aromatic carbocycles. The molecule has 0 saturated carbocycles. The summed E-state index contributed by atoms with van der Waals surface area (Å²) in [5, 5.41) is 8.96. The van der Waals surface area contributed by atoms with Crippen LogP contribution in [0, 0.1) is 13.8 Å². The Morgan fingerprint density at radius 1 is 1.08 bits per heavy atom. The second-order valence-electron chi connectivity index (χ2n) is 6.01. The Balaban J connectivity index is 1.73. The van der Waals surface area contributed by atoms with E-state index in [0.29, 0.717) is 17.1 Å². The number of carbonyl (C=O) groups is 1. The summed E-state index contributed by atoms with van der Waals surface area (Å²) >= 11 is 0. The Labute approximate surface area is 151 Å². The van der Waals surface area contributed by atoms with Crippen molar-refractivity contribution in [3.8, 4) is 22.6 Å². The molecule has 0 unspecified atom stereocenters. The van der Waals surface area contributed by atoms with Crippen LogP contribution in [0.4, 0.5) is 0 Å². The maximum atomic E-state index is 10.9. The summed E-state index contributed by atoms with van der Waals surface area (Å²) < 4.78 is 16.4. The first-order chi connectivity index (χ1) is 12.5. The Bertz CT molecular complexity index is 922. The molecule has 3 rings (SSSR count). The van der Waals surface area contributed by atoms with Gasteiger partial charge >= 0.3 is 5.97 Å². The molecule has 3 aromatic rings. The summed E-state index contributed by atoms with van der Waals surface area (Å²) in [4.78, 5) is 10.9. The zero-order chi connectivity index (χ0) is 18.7. The lowest BCUT2D eigenvalue weighted by Gasteiger charge is -2.11. The summed E-state index contributed by atoms with van der Waals surface area (Å²) in [6.45, 7) is 3.99. The lowest BCUT2D eigenvalue weighted by molar-refractivity contribution is 0.0661. The van der Waals surface area contributed by atoms with Crippen LogP contribution in [-0.4, -0.2) is 18.2 Å². The fraction of sp³-hybridized carbons (Fsp3) is 0.190. The zero-order valence-electron chi connectivity index (χ0n) is 14.9. The summed E-state index contributed by atoms with van der Waals surface area (Å²) in [6, 6.07) is 15.3. The highest BCUT2D eigenvalue weighted by Gasteiger charge is 2.13. The number of benzene rings is 2. The minimum atomic E-state index is -1.09. The molecule has 1 aromatic heterocycles. The van der Waals surface area contributed by atoms with Crippen molar-refractivity contribution in [2.24, 2.45) is 0 Å². The first-order valence-corrected chi connectivity index (χ1v) is 8.18. The van der Waals surface area contributed by atoms with Crippen LogP contribution in [0.3, 0.4) is 0 Å². The van der Waals surface area contributed by atoms with Gasteiger partial charge in [-0.15, -0.1) is 0 Å². The number of carboxylic acids is 1. The van der Waals surface area contributed by atoms with E-state index < -0.39 is 5.97 Å². The first-order valence-electron chi connectivity index (χ1n) is 8.18. The number of rotatable bonds is 6. The van der Waals surface area contributed by atoms with Gasteiger partial charge in [-0.05, 0) is 49.2 Å². The molecule has 0 aliphatic rings. The van der Waals surface area contributed by atoms with Crippen LogP contribution >= 0.6 is 0 Å². The van der Waals surface area contributed by atoms with Gasteiger partial charge in [-0.1, -0.05) is 24.3 Å². The van der Waals surface area contributed by atoms with Gasteiger partial charge in [-0.25, -0.2) is 4.79 Å². The standard InChI is InChI=1S/C21H20O5/c1-13-4-9-18(19(10-13)24-3)15-5-7-17(8-6-15)25-12-16-11-20(21(22)23)26-14(16)2/h4-11H,12H2,1-3H3,(H,22,23). The number of hydrogen-bond donors (Lipinski definition) is 1. The van der Waals surface area contributed by atoms with Crippen LogP contribution < -0.4 is 9.47 Å². The third kappa shape index (κ3) is 3.72. The van der Waals surface area contributed by atoms with Gasteiger partial charge in [-0.3, -0.25) is 0 Å². The van der Waals surface area contributed by atoms with E-state index in [4.69, 9.17) is 19.0 Å². The summed E-state index contributed by atoms with van der Waals surface area (Å²) in [5.41, 5.74) is 3.90. The van der Waals surface area contributed by atoms with E-state index in [9.17, 15) is 4.79 Å². The molecule has 0 saturated heterocycles. The molecule has 0 atom stereocenters. The monoisotopic (exact) mass is 352 g/mol. The fourth-order valence-corrected chi connectivity index (χ4v) is 2.70.